The van der Waals surface area contributed by atoms with E-state index in [9.17, 15) is 4.79 Å². The van der Waals surface area contributed by atoms with Gasteiger partial charge in [-0.05, 0) is 31.6 Å². The Kier molecular flexibility index (Phi) is 1.94. The lowest BCUT2D eigenvalue weighted by Gasteiger charge is -2.24. The van der Waals surface area contributed by atoms with Crippen LogP contribution < -0.4 is 0 Å². The Morgan fingerprint density at radius 2 is 2.13 bits per heavy atom. The second-order valence-corrected chi connectivity index (χ2v) is 4.84. The van der Waals surface area contributed by atoms with Crippen LogP contribution in [0, 0.1) is 5.92 Å². The Morgan fingerprint density at radius 3 is 2.67 bits per heavy atom. The Balaban J connectivity index is 1.93. The van der Waals surface area contributed by atoms with Gasteiger partial charge in [-0.1, -0.05) is 6.42 Å². The van der Waals surface area contributed by atoms with Gasteiger partial charge in [0, 0.05) is 18.5 Å². The lowest BCUT2D eigenvalue weighted by Crippen LogP contribution is -2.24. The van der Waals surface area contributed by atoms with E-state index in [1.807, 2.05) is 13.2 Å². The zero-order valence-electron chi connectivity index (χ0n) is 9.07. The standard InChI is InChI=1S/C12H16N2O/c1-14-11(12(15)9-3-2-4-9)10(7-13-14)8-5-6-8/h7-9H,2-6H2,1H3. The molecule has 0 atom stereocenters. The van der Waals surface area contributed by atoms with E-state index in [-0.39, 0.29) is 5.92 Å². The van der Waals surface area contributed by atoms with Crippen molar-refractivity contribution in [1.29, 1.82) is 0 Å². The Bertz CT molecular complexity index is 400. The fourth-order valence-electron chi connectivity index (χ4n) is 2.31. The first-order valence-electron chi connectivity index (χ1n) is 5.83. The van der Waals surface area contributed by atoms with E-state index in [2.05, 4.69) is 5.10 Å². The average Bonchev–Trinajstić information content (AvgIpc) is 2.87. The number of carbonyl (C=O) groups is 1. The normalized spacial score (nSPS) is 21.4. The minimum atomic E-state index is 0.290. The number of aryl methyl sites for hydroxylation is 1. The van der Waals surface area contributed by atoms with Crippen LogP contribution in [0.1, 0.15) is 54.1 Å². The maximum atomic E-state index is 12.2. The highest BCUT2D eigenvalue weighted by atomic mass is 16.1. The summed E-state index contributed by atoms with van der Waals surface area (Å²) in [7, 11) is 1.89. The van der Waals surface area contributed by atoms with Crippen molar-refractivity contribution in [3.63, 3.8) is 0 Å². The molecule has 2 aliphatic carbocycles. The Hall–Kier alpha value is -1.12. The number of carbonyl (C=O) groups excluding carboxylic acids is 1. The van der Waals surface area contributed by atoms with E-state index in [0.717, 1.165) is 18.5 Å². The summed E-state index contributed by atoms with van der Waals surface area (Å²) in [6.45, 7) is 0. The summed E-state index contributed by atoms with van der Waals surface area (Å²) in [6, 6.07) is 0. The Labute approximate surface area is 89.5 Å². The molecule has 2 aliphatic rings. The molecular weight excluding hydrogens is 188 g/mol. The first kappa shape index (κ1) is 9.13. The van der Waals surface area contributed by atoms with E-state index in [1.54, 1.807) is 4.68 Å². The molecular formula is C12H16N2O. The molecule has 1 aromatic heterocycles. The highest BCUT2D eigenvalue weighted by Crippen LogP contribution is 2.42. The number of Topliss-reactive ketones (excluding diaryl/α,β-unsaturated/α-hetero) is 1. The van der Waals surface area contributed by atoms with Gasteiger partial charge in [0.2, 0.25) is 0 Å². The molecule has 0 unspecified atom stereocenters. The van der Waals surface area contributed by atoms with Crippen LogP contribution in [-0.2, 0) is 7.05 Å². The van der Waals surface area contributed by atoms with Crippen LogP contribution in [-0.4, -0.2) is 15.6 Å². The molecule has 3 heteroatoms. The monoisotopic (exact) mass is 204 g/mol. The maximum absolute atomic E-state index is 12.2. The van der Waals surface area contributed by atoms with Crippen molar-refractivity contribution in [1.82, 2.24) is 9.78 Å². The molecule has 1 heterocycles. The molecule has 0 N–H and O–H groups in total. The quantitative estimate of drug-likeness (QED) is 0.708. The molecule has 0 bridgehead atoms. The van der Waals surface area contributed by atoms with Gasteiger partial charge in [-0.15, -0.1) is 0 Å². The number of nitrogens with zero attached hydrogens (tertiary/aromatic N) is 2. The van der Waals surface area contributed by atoms with E-state index < -0.39 is 0 Å². The molecule has 1 aromatic rings. The number of ketones is 1. The smallest absolute Gasteiger partial charge is 0.184 e. The second-order valence-electron chi connectivity index (χ2n) is 4.84. The fourth-order valence-corrected chi connectivity index (χ4v) is 2.31. The third kappa shape index (κ3) is 1.41. The number of rotatable bonds is 3. The summed E-state index contributed by atoms with van der Waals surface area (Å²) >= 11 is 0. The van der Waals surface area contributed by atoms with Crippen LogP contribution in [0.3, 0.4) is 0 Å². The van der Waals surface area contributed by atoms with E-state index in [4.69, 9.17) is 0 Å². The summed E-state index contributed by atoms with van der Waals surface area (Å²) in [4.78, 5) is 12.2. The first-order chi connectivity index (χ1) is 7.27. The zero-order chi connectivity index (χ0) is 10.4. The minimum absolute atomic E-state index is 0.290. The maximum Gasteiger partial charge on any atom is 0.184 e. The summed E-state index contributed by atoms with van der Waals surface area (Å²) in [5.41, 5.74) is 2.09. The molecule has 0 radical (unpaired) electrons. The van der Waals surface area contributed by atoms with Gasteiger partial charge in [-0.3, -0.25) is 9.48 Å². The number of hydrogen-bond donors (Lipinski definition) is 0. The van der Waals surface area contributed by atoms with Gasteiger partial charge in [-0.2, -0.15) is 5.10 Å². The molecule has 0 amide bonds. The molecule has 80 valence electrons. The highest BCUT2D eigenvalue weighted by molar-refractivity contribution is 5.98. The van der Waals surface area contributed by atoms with Crippen molar-refractivity contribution in [2.45, 2.75) is 38.0 Å². The second kappa shape index (κ2) is 3.19. The van der Waals surface area contributed by atoms with E-state index >= 15 is 0 Å². The minimum Gasteiger partial charge on any atom is -0.292 e. The van der Waals surface area contributed by atoms with Crippen LogP contribution in [0.5, 0.6) is 0 Å². The summed E-state index contributed by atoms with van der Waals surface area (Å²) in [6.07, 6.45) is 7.73. The Morgan fingerprint density at radius 1 is 1.40 bits per heavy atom. The van der Waals surface area contributed by atoms with Gasteiger partial charge in [0.15, 0.2) is 5.78 Å². The molecule has 3 nitrogen and oxygen atoms in total. The molecule has 0 spiro atoms. The van der Waals surface area contributed by atoms with Crippen LogP contribution in [0.4, 0.5) is 0 Å². The van der Waals surface area contributed by atoms with Gasteiger partial charge >= 0.3 is 0 Å². The predicted octanol–water partition coefficient (Wildman–Crippen LogP) is 2.28. The predicted molar refractivity (Wildman–Crippen MR) is 56.9 cm³/mol. The topological polar surface area (TPSA) is 34.9 Å². The van der Waals surface area contributed by atoms with Crippen LogP contribution in [0.15, 0.2) is 6.20 Å². The van der Waals surface area contributed by atoms with Crippen molar-refractivity contribution in [2.24, 2.45) is 13.0 Å². The molecule has 15 heavy (non-hydrogen) atoms. The molecule has 2 fully saturated rings. The van der Waals surface area contributed by atoms with Gasteiger partial charge in [0.1, 0.15) is 5.69 Å². The van der Waals surface area contributed by atoms with Gasteiger partial charge < -0.3 is 0 Å². The third-order valence-corrected chi connectivity index (χ3v) is 3.69. The van der Waals surface area contributed by atoms with E-state index in [1.165, 1.54) is 24.8 Å². The van der Waals surface area contributed by atoms with Crippen LogP contribution >= 0.6 is 0 Å². The first-order valence-corrected chi connectivity index (χ1v) is 5.83. The van der Waals surface area contributed by atoms with Gasteiger partial charge in [0.05, 0.1) is 6.20 Å². The van der Waals surface area contributed by atoms with Crippen molar-refractivity contribution in [2.75, 3.05) is 0 Å². The largest absolute Gasteiger partial charge is 0.292 e. The molecule has 0 saturated heterocycles. The zero-order valence-corrected chi connectivity index (χ0v) is 9.07. The molecule has 2 saturated carbocycles. The van der Waals surface area contributed by atoms with Gasteiger partial charge in [0.25, 0.3) is 0 Å². The van der Waals surface area contributed by atoms with Crippen molar-refractivity contribution < 1.29 is 4.79 Å². The number of aromatic nitrogens is 2. The van der Waals surface area contributed by atoms with Gasteiger partial charge in [-0.25, -0.2) is 0 Å². The number of hydrogen-bond acceptors (Lipinski definition) is 2. The molecule has 0 aromatic carbocycles. The molecule has 0 aliphatic heterocycles. The molecule has 3 rings (SSSR count). The SMILES string of the molecule is Cn1ncc(C2CC2)c1C(=O)C1CCC1. The van der Waals surface area contributed by atoms with Crippen molar-refractivity contribution >= 4 is 5.78 Å². The van der Waals surface area contributed by atoms with E-state index in [0.29, 0.717) is 11.7 Å². The lowest BCUT2D eigenvalue weighted by molar-refractivity contribution is 0.0844. The summed E-state index contributed by atoms with van der Waals surface area (Å²) < 4.78 is 1.77. The fraction of sp³-hybridized carbons (Fsp3) is 0.667. The van der Waals surface area contributed by atoms with Crippen molar-refractivity contribution in [3.8, 4) is 0 Å². The third-order valence-electron chi connectivity index (χ3n) is 3.69. The highest BCUT2D eigenvalue weighted by Gasteiger charge is 2.34. The summed E-state index contributed by atoms with van der Waals surface area (Å²) in [5.74, 6) is 1.25. The average molecular weight is 204 g/mol. The van der Waals surface area contributed by atoms with Crippen molar-refractivity contribution in [3.05, 3.63) is 17.5 Å². The summed E-state index contributed by atoms with van der Waals surface area (Å²) in [5, 5.41) is 4.24. The lowest BCUT2D eigenvalue weighted by atomic mass is 9.80. The van der Waals surface area contributed by atoms with Crippen LogP contribution in [0.2, 0.25) is 0 Å². The van der Waals surface area contributed by atoms with Crippen LogP contribution in [0.25, 0.3) is 0 Å².